The van der Waals surface area contributed by atoms with Crippen molar-refractivity contribution in [3.05, 3.63) is 33.3 Å². The summed E-state index contributed by atoms with van der Waals surface area (Å²) in [6, 6.07) is 0.429. The molecule has 178 valence electrons. The van der Waals surface area contributed by atoms with Crippen molar-refractivity contribution >= 4 is 23.5 Å². The van der Waals surface area contributed by atoms with Gasteiger partial charge in [0.1, 0.15) is 0 Å². The number of carbonyl (C=O) groups is 2. The third-order valence-corrected chi connectivity index (χ3v) is 6.57. The van der Waals surface area contributed by atoms with E-state index in [1.807, 2.05) is 18.7 Å². The number of nitrogens with one attached hydrogen (secondary N) is 2. The highest BCUT2D eigenvalue weighted by molar-refractivity contribution is 5.96. The maximum absolute atomic E-state index is 13.2. The first kappa shape index (κ1) is 23.1. The van der Waals surface area contributed by atoms with Crippen molar-refractivity contribution < 1.29 is 19.3 Å². The van der Waals surface area contributed by atoms with Gasteiger partial charge in [-0.3, -0.25) is 9.59 Å². The predicted octanol–water partition coefficient (Wildman–Crippen LogP) is 1.89. The Morgan fingerprint density at radius 2 is 1.85 bits per heavy atom. The van der Waals surface area contributed by atoms with Gasteiger partial charge in [-0.15, -0.1) is 0 Å². The van der Waals surface area contributed by atoms with Gasteiger partial charge in [-0.2, -0.15) is 4.57 Å². The van der Waals surface area contributed by atoms with Crippen molar-refractivity contribution in [2.45, 2.75) is 85.0 Å². The Labute approximate surface area is 193 Å². The van der Waals surface area contributed by atoms with Gasteiger partial charge in [0, 0.05) is 24.2 Å². The summed E-state index contributed by atoms with van der Waals surface area (Å²) in [5.41, 5.74) is 0.836. The summed E-state index contributed by atoms with van der Waals surface area (Å²) < 4.78 is 2.88. The van der Waals surface area contributed by atoms with Crippen LogP contribution in [0.2, 0.25) is 0 Å². The van der Waals surface area contributed by atoms with Gasteiger partial charge in [-0.05, 0) is 58.4 Å². The number of aryl methyl sites for hydroxylation is 1. The second kappa shape index (κ2) is 8.68. The fourth-order valence-electron chi connectivity index (χ4n) is 4.72. The zero-order valence-electron chi connectivity index (χ0n) is 20.0. The van der Waals surface area contributed by atoms with E-state index >= 15 is 0 Å². The summed E-state index contributed by atoms with van der Waals surface area (Å²) in [7, 11) is 0. The lowest BCUT2D eigenvalue weighted by Crippen LogP contribution is -2.46. The van der Waals surface area contributed by atoms with Gasteiger partial charge in [0.05, 0.1) is 17.8 Å². The van der Waals surface area contributed by atoms with Crippen LogP contribution in [0.15, 0.2) is 10.9 Å². The van der Waals surface area contributed by atoms with Crippen LogP contribution in [0.3, 0.4) is 0 Å². The van der Waals surface area contributed by atoms with Crippen LogP contribution in [0.5, 0.6) is 5.88 Å². The van der Waals surface area contributed by atoms with Gasteiger partial charge in [0.15, 0.2) is 0 Å². The first-order valence-electron chi connectivity index (χ1n) is 11.8. The zero-order valence-corrected chi connectivity index (χ0v) is 20.0. The lowest BCUT2D eigenvalue weighted by molar-refractivity contribution is -0.686. The highest BCUT2D eigenvalue weighted by atomic mass is 16.3. The van der Waals surface area contributed by atoms with Gasteiger partial charge in [0.25, 0.3) is 5.91 Å². The number of nitrogens with zero attached hydrogens (tertiary/aromatic N) is 3. The van der Waals surface area contributed by atoms with Crippen molar-refractivity contribution in [2.24, 2.45) is 5.92 Å². The molecule has 2 fully saturated rings. The largest absolute Gasteiger partial charge is 0.477 e. The third kappa shape index (κ3) is 4.28. The molecule has 3 heterocycles. The van der Waals surface area contributed by atoms with Crippen molar-refractivity contribution in [1.82, 2.24) is 19.8 Å². The van der Waals surface area contributed by atoms with E-state index in [9.17, 15) is 19.5 Å². The minimum Gasteiger partial charge on any atom is -0.477 e. The van der Waals surface area contributed by atoms with Gasteiger partial charge in [0.2, 0.25) is 11.5 Å². The van der Waals surface area contributed by atoms with Crippen molar-refractivity contribution in [3.8, 4) is 5.88 Å². The number of carbonyl (C=O) groups excluding carboxylic acids is 2. The van der Waals surface area contributed by atoms with Crippen LogP contribution in [0.1, 0.15) is 75.0 Å². The first-order valence-corrected chi connectivity index (χ1v) is 11.8. The smallest absolute Gasteiger partial charge is 0.378 e. The molecule has 9 heteroatoms. The van der Waals surface area contributed by atoms with Crippen LogP contribution in [0, 0.1) is 12.8 Å². The fourth-order valence-corrected chi connectivity index (χ4v) is 4.72. The Morgan fingerprint density at radius 1 is 1.21 bits per heavy atom. The topological polar surface area (TPSA) is 111 Å². The fraction of sp³-hybridized carbons (Fsp3) is 0.583. The molecule has 1 aliphatic heterocycles. The average Bonchev–Trinajstić information content (AvgIpc) is 3.39. The molecule has 2 aromatic heterocycles. The Morgan fingerprint density at radius 3 is 2.42 bits per heavy atom. The number of H-pyrrole nitrogens is 1. The molecule has 4 rings (SSSR count). The molecular weight excluding hydrogens is 422 g/mol. The van der Waals surface area contributed by atoms with E-state index in [2.05, 4.69) is 24.3 Å². The molecule has 1 aliphatic carbocycles. The molecule has 0 aromatic carbocycles. The standard InChI is InChI=1S/C24H33N5O4/c1-13(2)12-27-22-18(10-11-19(30)28-14(3)6-7-15(28)4)16(5)26-29(22)24(33)20(23(27)32)21(31)25-17-8-9-17/h10-11,13-15,17H,6-9,12H2,1-5H3,(H2,25,31,32,33)/p+1/b11-10+/t14-,15+. The number of aromatic amines is 1. The normalized spacial score (nSPS) is 21.0. The summed E-state index contributed by atoms with van der Waals surface area (Å²) in [6.45, 7) is 10.3. The van der Waals surface area contributed by atoms with E-state index in [0.29, 0.717) is 23.4 Å². The predicted molar refractivity (Wildman–Crippen MR) is 124 cm³/mol. The van der Waals surface area contributed by atoms with Gasteiger partial charge >= 0.3 is 17.1 Å². The first-order chi connectivity index (χ1) is 15.6. The third-order valence-electron chi connectivity index (χ3n) is 6.57. The van der Waals surface area contributed by atoms with Gasteiger partial charge < -0.3 is 15.3 Å². The Kier molecular flexibility index (Phi) is 6.07. The van der Waals surface area contributed by atoms with Gasteiger partial charge in [-0.1, -0.05) is 18.4 Å². The number of hydrogen-bond acceptors (Lipinski definition) is 4. The van der Waals surface area contributed by atoms with Gasteiger partial charge in [-0.25, -0.2) is 9.89 Å². The molecule has 0 unspecified atom stereocenters. The quantitative estimate of drug-likeness (QED) is 0.455. The molecule has 2 amide bonds. The summed E-state index contributed by atoms with van der Waals surface area (Å²) in [5, 5.41) is 16.9. The number of aromatic hydroxyl groups is 1. The molecule has 2 atom stereocenters. The Hall–Kier alpha value is -3.10. The Balaban J connectivity index is 1.82. The van der Waals surface area contributed by atoms with Crippen LogP contribution in [-0.2, 0) is 11.3 Å². The maximum Gasteiger partial charge on any atom is 0.378 e. The second-order valence-electron chi connectivity index (χ2n) is 9.92. The maximum atomic E-state index is 13.2. The molecule has 1 saturated carbocycles. The lowest BCUT2D eigenvalue weighted by atomic mass is 10.1. The molecule has 1 saturated heterocycles. The highest BCUT2D eigenvalue weighted by Crippen LogP contribution is 2.25. The molecule has 0 bridgehead atoms. The number of amides is 2. The summed E-state index contributed by atoms with van der Waals surface area (Å²) in [4.78, 5) is 40.8. The summed E-state index contributed by atoms with van der Waals surface area (Å²) in [5.74, 6) is -0.854. The highest BCUT2D eigenvalue weighted by Gasteiger charge is 2.35. The number of likely N-dealkylation sites (tertiary alicyclic amines) is 1. The van der Waals surface area contributed by atoms with Crippen LogP contribution in [0.25, 0.3) is 11.7 Å². The number of rotatable bonds is 6. The Bertz CT molecular complexity index is 1180. The van der Waals surface area contributed by atoms with E-state index in [1.165, 1.54) is 10.6 Å². The van der Waals surface area contributed by atoms with E-state index < -0.39 is 11.5 Å². The van der Waals surface area contributed by atoms with E-state index in [4.69, 9.17) is 0 Å². The minimum absolute atomic E-state index is 0.0563. The molecular formula is C24H34N5O4+. The summed E-state index contributed by atoms with van der Waals surface area (Å²) >= 11 is 0. The molecule has 2 aliphatic rings. The van der Waals surface area contributed by atoms with Crippen LogP contribution >= 0.6 is 0 Å². The average molecular weight is 457 g/mol. The molecule has 0 radical (unpaired) electrons. The van der Waals surface area contributed by atoms with Crippen LogP contribution in [-0.4, -0.2) is 49.6 Å². The van der Waals surface area contributed by atoms with Crippen LogP contribution in [0.4, 0.5) is 0 Å². The van der Waals surface area contributed by atoms with Crippen molar-refractivity contribution in [1.29, 1.82) is 0 Å². The molecule has 3 N–H and O–H groups in total. The molecule has 9 nitrogen and oxygen atoms in total. The number of aromatic nitrogens is 3. The number of hydrogen-bond donors (Lipinski definition) is 3. The SMILES string of the molecule is Cc1[nH]n2c(=O)c(C(=O)NC3CC3)c(O)[n+](CC(C)C)c2c1/C=C/C(=O)N1[C@H](C)CC[C@@H]1C. The van der Waals surface area contributed by atoms with Crippen LogP contribution < -0.4 is 15.4 Å². The monoisotopic (exact) mass is 456 g/mol. The van der Waals surface area contributed by atoms with E-state index in [0.717, 1.165) is 25.7 Å². The molecule has 33 heavy (non-hydrogen) atoms. The minimum atomic E-state index is -0.614. The van der Waals surface area contributed by atoms with Crippen molar-refractivity contribution in [2.75, 3.05) is 0 Å². The second-order valence-corrected chi connectivity index (χ2v) is 9.92. The lowest BCUT2D eigenvalue weighted by Gasteiger charge is -2.24. The number of fused-ring (bicyclic) bond motifs is 1. The summed E-state index contributed by atoms with van der Waals surface area (Å²) in [6.07, 6.45) is 6.94. The molecule has 0 spiro atoms. The molecule has 2 aromatic rings. The van der Waals surface area contributed by atoms with E-state index in [-0.39, 0.29) is 41.4 Å². The van der Waals surface area contributed by atoms with E-state index in [1.54, 1.807) is 17.6 Å². The zero-order chi connectivity index (χ0) is 24.0. The van der Waals surface area contributed by atoms with Crippen molar-refractivity contribution in [3.63, 3.8) is 0 Å².